The Morgan fingerprint density at radius 2 is 2.15 bits per heavy atom. The summed E-state index contributed by atoms with van der Waals surface area (Å²) in [4.78, 5) is 21.5. The van der Waals surface area contributed by atoms with E-state index in [4.69, 9.17) is 20.3 Å². The van der Waals surface area contributed by atoms with Crippen LogP contribution in [0, 0.1) is 5.13 Å². The van der Waals surface area contributed by atoms with E-state index in [9.17, 15) is 17.6 Å². The predicted octanol–water partition coefficient (Wildman–Crippen LogP) is 2.36. The van der Waals surface area contributed by atoms with Crippen LogP contribution >= 0.6 is 22.0 Å². The molecule has 1 atom stereocenters. The number of nitrogens with zero attached hydrogens (tertiary/aromatic N) is 2. The third kappa shape index (κ3) is 5.22. The summed E-state index contributed by atoms with van der Waals surface area (Å²) in [6, 6.07) is 5.21. The molecule has 1 aliphatic heterocycles. The van der Waals surface area contributed by atoms with Crippen LogP contribution in [0.5, 0.6) is 0 Å². The van der Waals surface area contributed by atoms with Gasteiger partial charge >= 0.3 is 0 Å². The van der Waals surface area contributed by atoms with Crippen LogP contribution in [-0.4, -0.2) is 44.3 Å². The molecule has 1 amide bonds. The van der Waals surface area contributed by atoms with Crippen LogP contribution < -0.4 is 5.32 Å². The third-order valence-electron chi connectivity index (χ3n) is 3.50. The molecule has 1 N–H and O–H groups in total. The zero-order valence-corrected chi connectivity index (χ0v) is 16.0. The lowest BCUT2D eigenvalue weighted by molar-refractivity contribution is -0.110. The molecule has 0 aliphatic carbocycles. The number of halogens is 2. The average Bonchev–Trinajstić information content (AvgIpc) is 3.26. The summed E-state index contributed by atoms with van der Waals surface area (Å²) in [7, 11) is 1.39. The zero-order valence-electron chi connectivity index (χ0n) is 13.6. The van der Waals surface area contributed by atoms with Crippen molar-refractivity contribution < 1.29 is 27.2 Å². The maximum absolute atomic E-state index is 13.1. The van der Waals surface area contributed by atoms with Crippen molar-refractivity contribution in [1.29, 1.82) is 0 Å². The van der Waals surface area contributed by atoms with E-state index in [1.54, 1.807) is 0 Å². The van der Waals surface area contributed by atoms with Crippen molar-refractivity contribution in [2.45, 2.75) is 17.4 Å². The van der Waals surface area contributed by atoms with Crippen LogP contribution in [0.4, 0.5) is 9.52 Å². The Kier molecular flexibility index (Phi) is 6.05. The smallest absolute Gasteiger partial charge is 0.280 e. The first-order valence-corrected chi connectivity index (χ1v) is 10.7. The number of hydrogen-bond acceptors (Lipinski definition) is 8. The van der Waals surface area contributed by atoms with Crippen LogP contribution in [0.15, 0.2) is 40.5 Å². The summed E-state index contributed by atoms with van der Waals surface area (Å²) in [5.74, 6) is -0.690. The van der Waals surface area contributed by atoms with E-state index >= 15 is 0 Å². The molecular formula is C15H13ClFN3O5S2. The minimum absolute atomic E-state index is 0.0503. The molecule has 1 aliphatic rings. The molecule has 12 heteroatoms. The highest BCUT2D eigenvalue weighted by atomic mass is 35.7. The largest absolute Gasteiger partial charge is 0.389 e. The van der Waals surface area contributed by atoms with Gasteiger partial charge in [0.1, 0.15) is 0 Å². The first-order chi connectivity index (χ1) is 12.8. The number of carbonyl (C=O) groups excluding carboxylic acids is 1. The molecule has 0 radical (unpaired) electrons. The molecule has 2 aromatic rings. The summed E-state index contributed by atoms with van der Waals surface area (Å²) >= 11 is 0.656. The lowest BCUT2D eigenvalue weighted by Crippen LogP contribution is -2.25. The summed E-state index contributed by atoms with van der Waals surface area (Å²) < 4.78 is 41.0. The van der Waals surface area contributed by atoms with Gasteiger partial charge in [0, 0.05) is 22.7 Å². The standard InChI is InChI=1S/C15H13ClFN3O5S2/c16-27(22,23)11-3-1-9(2-4-11)13(20-25-10-5-6-24-8-10)14(21)19-15-18-7-12(17)26-15/h1-4,7,10H,5-6,8H2,(H,18,19,21)/b20-13+/t10-/m1/s1. The van der Waals surface area contributed by atoms with Crippen molar-refractivity contribution in [3.63, 3.8) is 0 Å². The molecule has 27 heavy (non-hydrogen) atoms. The number of aromatic nitrogens is 1. The van der Waals surface area contributed by atoms with Crippen molar-refractivity contribution in [3.8, 4) is 0 Å². The van der Waals surface area contributed by atoms with Gasteiger partial charge in [0.15, 0.2) is 22.1 Å². The van der Waals surface area contributed by atoms with E-state index in [1.165, 1.54) is 24.3 Å². The summed E-state index contributed by atoms with van der Waals surface area (Å²) in [6.07, 6.45) is 1.30. The van der Waals surface area contributed by atoms with Gasteiger partial charge in [-0.2, -0.15) is 4.39 Å². The maximum Gasteiger partial charge on any atom is 0.280 e. The number of benzene rings is 1. The second kappa shape index (κ2) is 8.30. The first kappa shape index (κ1) is 19.7. The highest BCUT2D eigenvalue weighted by molar-refractivity contribution is 8.13. The Morgan fingerprint density at radius 3 is 2.70 bits per heavy atom. The summed E-state index contributed by atoms with van der Waals surface area (Å²) in [5.41, 5.74) is 0.156. The van der Waals surface area contributed by atoms with E-state index in [-0.39, 0.29) is 27.4 Å². The lowest BCUT2D eigenvalue weighted by Gasteiger charge is -2.10. The number of anilines is 1. The van der Waals surface area contributed by atoms with Crippen molar-refractivity contribution >= 4 is 47.8 Å². The highest BCUT2D eigenvalue weighted by Gasteiger charge is 2.21. The van der Waals surface area contributed by atoms with Crippen molar-refractivity contribution in [3.05, 3.63) is 41.2 Å². The number of hydrogen-bond donors (Lipinski definition) is 1. The third-order valence-corrected chi connectivity index (χ3v) is 5.57. The number of carbonyl (C=O) groups is 1. The van der Waals surface area contributed by atoms with E-state index < -0.39 is 20.1 Å². The van der Waals surface area contributed by atoms with Gasteiger partial charge in [-0.05, 0) is 12.1 Å². The molecule has 1 aromatic heterocycles. The number of amides is 1. The Hall–Kier alpha value is -2.08. The highest BCUT2D eigenvalue weighted by Crippen LogP contribution is 2.19. The molecule has 1 saturated heterocycles. The molecule has 0 unspecified atom stereocenters. The van der Waals surface area contributed by atoms with Gasteiger partial charge in [0.2, 0.25) is 0 Å². The minimum Gasteiger partial charge on any atom is -0.389 e. The van der Waals surface area contributed by atoms with Gasteiger partial charge in [0.25, 0.3) is 15.0 Å². The fourth-order valence-corrected chi connectivity index (χ4v) is 3.50. The van der Waals surface area contributed by atoms with E-state index in [0.717, 1.165) is 6.20 Å². The molecule has 2 heterocycles. The molecule has 3 rings (SSSR count). The van der Waals surface area contributed by atoms with Gasteiger partial charge in [-0.1, -0.05) is 28.6 Å². The van der Waals surface area contributed by atoms with E-state index in [2.05, 4.69) is 15.5 Å². The number of rotatable bonds is 6. The predicted molar refractivity (Wildman–Crippen MR) is 97.0 cm³/mol. The molecule has 144 valence electrons. The van der Waals surface area contributed by atoms with Crippen molar-refractivity contribution in [2.75, 3.05) is 18.5 Å². The van der Waals surface area contributed by atoms with Crippen LogP contribution in [-0.2, 0) is 23.4 Å². The fraction of sp³-hybridized carbons (Fsp3) is 0.267. The van der Waals surface area contributed by atoms with Gasteiger partial charge in [-0.3, -0.25) is 10.1 Å². The molecule has 0 saturated carbocycles. The SMILES string of the molecule is O=C(Nc1ncc(F)s1)/C(=N/O[C@@H]1CCOC1)c1ccc(S(=O)(=O)Cl)cc1. The van der Waals surface area contributed by atoms with Gasteiger partial charge in [-0.25, -0.2) is 13.4 Å². The quantitative estimate of drug-likeness (QED) is 0.425. The zero-order chi connectivity index (χ0) is 19.4. The van der Waals surface area contributed by atoms with Crippen LogP contribution in [0.1, 0.15) is 12.0 Å². The van der Waals surface area contributed by atoms with Gasteiger partial charge < -0.3 is 9.57 Å². The van der Waals surface area contributed by atoms with Gasteiger partial charge in [-0.15, -0.1) is 0 Å². The number of nitrogens with one attached hydrogen (secondary N) is 1. The van der Waals surface area contributed by atoms with Crippen molar-refractivity contribution in [2.24, 2.45) is 5.16 Å². The Labute approximate surface area is 162 Å². The maximum atomic E-state index is 13.1. The molecule has 1 aromatic carbocycles. The number of thiazole rings is 1. The van der Waals surface area contributed by atoms with E-state index in [1.807, 2.05) is 0 Å². The summed E-state index contributed by atoms with van der Waals surface area (Å²) in [6.45, 7) is 0.877. The van der Waals surface area contributed by atoms with Crippen LogP contribution in [0.3, 0.4) is 0 Å². The molecular weight excluding hydrogens is 421 g/mol. The fourth-order valence-electron chi connectivity index (χ4n) is 2.19. The number of oxime groups is 1. The second-order valence-corrected chi connectivity index (χ2v) is 8.96. The normalized spacial score (nSPS) is 17.7. The molecule has 0 spiro atoms. The van der Waals surface area contributed by atoms with Crippen molar-refractivity contribution in [1.82, 2.24) is 4.98 Å². The Morgan fingerprint density at radius 1 is 1.41 bits per heavy atom. The first-order valence-electron chi connectivity index (χ1n) is 7.62. The van der Waals surface area contributed by atoms with Crippen LogP contribution in [0.2, 0.25) is 0 Å². The van der Waals surface area contributed by atoms with Crippen LogP contribution in [0.25, 0.3) is 0 Å². The molecule has 8 nitrogen and oxygen atoms in total. The molecule has 0 bridgehead atoms. The van der Waals surface area contributed by atoms with Gasteiger partial charge in [0.05, 0.1) is 24.3 Å². The second-order valence-electron chi connectivity index (χ2n) is 5.42. The summed E-state index contributed by atoms with van der Waals surface area (Å²) in [5, 5.41) is 5.81. The lowest BCUT2D eigenvalue weighted by atomic mass is 10.1. The minimum atomic E-state index is -3.90. The Balaban J connectivity index is 1.86. The monoisotopic (exact) mass is 433 g/mol. The average molecular weight is 434 g/mol. The Bertz CT molecular complexity index is 956. The topological polar surface area (TPSA) is 107 Å². The van der Waals surface area contributed by atoms with E-state index in [0.29, 0.717) is 31.0 Å². The molecule has 1 fully saturated rings. The number of ether oxygens (including phenoxy) is 1.